The molecule has 0 aliphatic heterocycles. The van der Waals surface area contributed by atoms with Crippen LogP contribution in [0.1, 0.15) is 15.9 Å². The standard InChI is InChI=1S/C19H23FN2O5/c1-24-13-9-8-12(16(10-13)25-2)11-22-19(26-3)17(20)27-15-7-5-4-6-14(15)18(21)23/h4-10,17,19,22H,11H2,1-3H3,(H2,21,23). The highest BCUT2D eigenvalue weighted by Gasteiger charge is 2.24. The zero-order valence-corrected chi connectivity index (χ0v) is 15.4. The second-order valence-electron chi connectivity index (χ2n) is 5.54. The number of nitrogens with two attached hydrogens (primary N) is 1. The fraction of sp³-hybridized carbons (Fsp3) is 0.316. The predicted octanol–water partition coefficient (Wildman–Crippen LogP) is 2.24. The first-order valence-corrected chi connectivity index (χ1v) is 8.16. The number of carbonyl (C=O) groups excluding carboxylic acids is 1. The van der Waals surface area contributed by atoms with E-state index in [1.807, 2.05) is 0 Å². The van der Waals surface area contributed by atoms with Crippen LogP contribution in [0.15, 0.2) is 42.5 Å². The molecule has 2 atom stereocenters. The minimum Gasteiger partial charge on any atom is -0.497 e. The zero-order valence-electron chi connectivity index (χ0n) is 15.4. The highest BCUT2D eigenvalue weighted by atomic mass is 19.1. The summed E-state index contributed by atoms with van der Waals surface area (Å²) >= 11 is 0. The van der Waals surface area contributed by atoms with Crippen LogP contribution in [-0.4, -0.2) is 39.8 Å². The molecule has 2 aromatic rings. The first-order chi connectivity index (χ1) is 13.0. The lowest BCUT2D eigenvalue weighted by Gasteiger charge is -2.23. The van der Waals surface area contributed by atoms with Gasteiger partial charge in [-0.25, -0.2) is 0 Å². The number of hydrogen-bond acceptors (Lipinski definition) is 6. The van der Waals surface area contributed by atoms with E-state index in [2.05, 4.69) is 5.32 Å². The van der Waals surface area contributed by atoms with Gasteiger partial charge in [0.25, 0.3) is 12.3 Å². The number of halogens is 1. The van der Waals surface area contributed by atoms with E-state index in [4.69, 9.17) is 24.7 Å². The van der Waals surface area contributed by atoms with Crippen LogP contribution in [0.5, 0.6) is 17.2 Å². The van der Waals surface area contributed by atoms with E-state index in [0.29, 0.717) is 11.5 Å². The number of ether oxygens (including phenoxy) is 4. The molecular formula is C19H23FN2O5. The molecule has 0 bridgehead atoms. The van der Waals surface area contributed by atoms with Crippen molar-refractivity contribution < 1.29 is 28.1 Å². The molecule has 2 rings (SSSR count). The summed E-state index contributed by atoms with van der Waals surface area (Å²) in [6, 6.07) is 11.5. The lowest BCUT2D eigenvalue weighted by atomic mass is 10.2. The third-order valence-electron chi connectivity index (χ3n) is 3.87. The van der Waals surface area contributed by atoms with Crippen LogP contribution >= 0.6 is 0 Å². The number of para-hydroxylation sites is 1. The van der Waals surface area contributed by atoms with Crippen LogP contribution in [0.25, 0.3) is 0 Å². The molecule has 0 radical (unpaired) electrons. The van der Waals surface area contributed by atoms with Gasteiger partial charge in [0.1, 0.15) is 17.2 Å². The Morgan fingerprint density at radius 1 is 1.11 bits per heavy atom. The van der Waals surface area contributed by atoms with Crippen LogP contribution in [0.3, 0.4) is 0 Å². The summed E-state index contributed by atoms with van der Waals surface area (Å²) in [5.41, 5.74) is 6.15. The van der Waals surface area contributed by atoms with E-state index in [1.165, 1.54) is 26.4 Å². The van der Waals surface area contributed by atoms with Gasteiger partial charge >= 0.3 is 0 Å². The van der Waals surface area contributed by atoms with Crippen LogP contribution in [0, 0.1) is 0 Å². The topological polar surface area (TPSA) is 92.0 Å². The van der Waals surface area contributed by atoms with Crippen molar-refractivity contribution in [2.75, 3.05) is 21.3 Å². The van der Waals surface area contributed by atoms with Crippen LogP contribution < -0.4 is 25.3 Å². The van der Waals surface area contributed by atoms with Crippen LogP contribution in [0.2, 0.25) is 0 Å². The van der Waals surface area contributed by atoms with Crippen molar-refractivity contribution in [2.24, 2.45) is 5.73 Å². The smallest absolute Gasteiger partial charge is 0.277 e. The number of primary amides is 1. The van der Waals surface area contributed by atoms with Crippen LogP contribution in [0.4, 0.5) is 4.39 Å². The summed E-state index contributed by atoms with van der Waals surface area (Å²) in [5.74, 6) is 0.576. The first kappa shape index (κ1) is 20.5. The fourth-order valence-corrected chi connectivity index (χ4v) is 2.45. The Morgan fingerprint density at radius 3 is 2.48 bits per heavy atom. The fourth-order valence-electron chi connectivity index (χ4n) is 2.45. The molecular weight excluding hydrogens is 355 g/mol. The summed E-state index contributed by atoms with van der Waals surface area (Å²) in [5, 5.41) is 2.91. The van der Waals surface area contributed by atoms with Crippen molar-refractivity contribution in [1.82, 2.24) is 5.32 Å². The number of rotatable bonds is 10. The second kappa shape index (κ2) is 9.75. The average Bonchev–Trinajstić information content (AvgIpc) is 2.68. The third-order valence-corrected chi connectivity index (χ3v) is 3.87. The maximum absolute atomic E-state index is 14.6. The van der Waals surface area contributed by atoms with Gasteiger partial charge < -0.3 is 24.7 Å². The van der Waals surface area contributed by atoms with E-state index in [0.717, 1.165) is 5.56 Å². The van der Waals surface area contributed by atoms with Gasteiger partial charge in [-0.05, 0) is 18.2 Å². The number of methoxy groups -OCH3 is 3. The summed E-state index contributed by atoms with van der Waals surface area (Å²) in [4.78, 5) is 11.4. The van der Waals surface area contributed by atoms with Gasteiger partial charge in [-0.1, -0.05) is 18.2 Å². The molecule has 0 aliphatic carbocycles. The number of amides is 1. The Labute approximate surface area is 157 Å². The number of carbonyl (C=O) groups is 1. The Kier molecular flexibility index (Phi) is 7.39. The van der Waals surface area contributed by atoms with Gasteiger partial charge in [0.05, 0.1) is 19.8 Å². The van der Waals surface area contributed by atoms with E-state index < -0.39 is 18.5 Å². The van der Waals surface area contributed by atoms with E-state index in [9.17, 15) is 9.18 Å². The van der Waals surface area contributed by atoms with Crippen molar-refractivity contribution in [2.45, 2.75) is 19.1 Å². The largest absolute Gasteiger partial charge is 0.497 e. The van der Waals surface area contributed by atoms with Gasteiger partial charge in [0.15, 0.2) is 6.23 Å². The third kappa shape index (κ3) is 5.32. The van der Waals surface area contributed by atoms with Crippen molar-refractivity contribution in [3.05, 3.63) is 53.6 Å². The number of hydrogen-bond donors (Lipinski definition) is 2. The van der Waals surface area contributed by atoms with Crippen molar-refractivity contribution in [3.8, 4) is 17.2 Å². The molecule has 146 valence electrons. The predicted molar refractivity (Wildman–Crippen MR) is 97.7 cm³/mol. The zero-order chi connectivity index (χ0) is 19.8. The molecule has 0 saturated carbocycles. The Hall–Kier alpha value is -2.84. The SMILES string of the molecule is COc1ccc(CNC(OC)C(F)Oc2ccccc2C(N)=O)c(OC)c1. The molecule has 8 heteroatoms. The first-order valence-electron chi connectivity index (χ1n) is 8.16. The molecule has 1 amide bonds. The molecule has 0 aliphatic rings. The molecule has 0 heterocycles. The molecule has 0 saturated heterocycles. The lowest BCUT2D eigenvalue weighted by Crippen LogP contribution is -2.42. The summed E-state index contributed by atoms with van der Waals surface area (Å²) in [6.07, 6.45) is -2.96. The van der Waals surface area contributed by atoms with E-state index in [-0.39, 0.29) is 17.9 Å². The second-order valence-corrected chi connectivity index (χ2v) is 5.54. The number of nitrogens with one attached hydrogen (secondary N) is 1. The van der Waals surface area contributed by atoms with Gasteiger partial charge in [-0.3, -0.25) is 10.1 Å². The molecule has 7 nitrogen and oxygen atoms in total. The quantitative estimate of drug-likeness (QED) is 0.616. The number of alkyl halides is 1. The molecule has 2 aromatic carbocycles. The normalized spacial score (nSPS) is 12.9. The highest BCUT2D eigenvalue weighted by molar-refractivity contribution is 5.95. The molecule has 0 spiro atoms. The summed E-state index contributed by atoms with van der Waals surface area (Å²) in [6.45, 7) is 0.257. The van der Waals surface area contributed by atoms with Crippen molar-refractivity contribution >= 4 is 5.91 Å². The Morgan fingerprint density at radius 2 is 1.85 bits per heavy atom. The molecule has 0 aromatic heterocycles. The minimum atomic E-state index is -1.88. The Balaban J connectivity index is 2.06. The molecule has 27 heavy (non-hydrogen) atoms. The number of benzene rings is 2. The van der Waals surface area contributed by atoms with Gasteiger partial charge in [0, 0.05) is 25.3 Å². The summed E-state index contributed by atoms with van der Waals surface area (Å²) < 4.78 is 35.4. The molecule has 0 fully saturated rings. The maximum Gasteiger partial charge on any atom is 0.277 e. The summed E-state index contributed by atoms with van der Waals surface area (Å²) in [7, 11) is 4.44. The van der Waals surface area contributed by atoms with Crippen molar-refractivity contribution in [3.63, 3.8) is 0 Å². The molecule has 2 unspecified atom stereocenters. The van der Waals surface area contributed by atoms with Gasteiger partial charge in [0.2, 0.25) is 0 Å². The Bertz CT molecular complexity index is 772. The van der Waals surface area contributed by atoms with Crippen LogP contribution in [-0.2, 0) is 11.3 Å². The van der Waals surface area contributed by atoms with Gasteiger partial charge in [-0.2, -0.15) is 4.39 Å². The van der Waals surface area contributed by atoms with E-state index in [1.54, 1.807) is 37.4 Å². The maximum atomic E-state index is 14.6. The van der Waals surface area contributed by atoms with Gasteiger partial charge in [-0.15, -0.1) is 0 Å². The highest BCUT2D eigenvalue weighted by Crippen LogP contribution is 2.25. The van der Waals surface area contributed by atoms with Crippen molar-refractivity contribution in [1.29, 1.82) is 0 Å². The van der Waals surface area contributed by atoms with E-state index >= 15 is 0 Å². The molecule has 3 N–H and O–H groups in total. The minimum absolute atomic E-state index is 0.0448. The monoisotopic (exact) mass is 378 g/mol. The lowest BCUT2D eigenvalue weighted by molar-refractivity contribution is -0.0841. The average molecular weight is 378 g/mol.